The average molecular weight is 322 g/mol. The lowest BCUT2D eigenvalue weighted by Crippen LogP contribution is -2.44. The molecule has 1 aromatic heterocycles. The van der Waals surface area contributed by atoms with Gasteiger partial charge < -0.3 is 18.9 Å². The molecule has 2 fully saturated rings. The van der Waals surface area contributed by atoms with E-state index in [-0.39, 0.29) is 17.9 Å². The number of amides is 1. The largest absolute Gasteiger partial charge is 0.379 e. The zero-order chi connectivity index (χ0) is 16.3. The Hall–Kier alpha value is -1.44. The van der Waals surface area contributed by atoms with Crippen molar-refractivity contribution in [1.82, 2.24) is 19.4 Å². The SMILES string of the molecule is COCC(=O)N1CCOC[C@]2(CCN(Cc3nccn3C)C2)C1. The summed E-state index contributed by atoms with van der Waals surface area (Å²) in [4.78, 5) is 20.9. The highest BCUT2D eigenvalue weighted by Gasteiger charge is 2.42. The Morgan fingerprint density at radius 1 is 1.43 bits per heavy atom. The molecule has 0 radical (unpaired) electrons. The van der Waals surface area contributed by atoms with E-state index in [9.17, 15) is 4.79 Å². The van der Waals surface area contributed by atoms with Gasteiger partial charge in [0.25, 0.3) is 0 Å². The molecular formula is C16H26N4O3. The number of methoxy groups -OCH3 is 1. The standard InChI is InChI=1S/C16H26N4O3/c1-18-6-4-17-14(18)9-19-5-3-16(11-19)12-20(7-8-23-13-16)15(21)10-22-2/h4,6H,3,5,7-13H2,1-2H3/t16-/m0/s1. The maximum Gasteiger partial charge on any atom is 0.248 e. The van der Waals surface area contributed by atoms with Gasteiger partial charge >= 0.3 is 0 Å². The van der Waals surface area contributed by atoms with Gasteiger partial charge in [0.2, 0.25) is 5.91 Å². The van der Waals surface area contributed by atoms with Crippen LogP contribution in [0.4, 0.5) is 0 Å². The number of hydrogen-bond donors (Lipinski definition) is 0. The molecule has 1 aromatic rings. The topological polar surface area (TPSA) is 59.8 Å². The fraction of sp³-hybridized carbons (Fsp3) is 0.750. The molecule has 0 unspecified atom stereocenters. The van der Waals surface area contributed by atoms with Gasteiger partial charge in [-0.2, -0.15) is 0 Å². The van der Waals surface area contributed by atoms with Crippen molar-refractivity contribution in [2.24, 2.45) is 12.5 Å². The van der Waals surface area contributed by atoms with Crippen LogP contribution in [-0.2, 0) is 27.9 Å². The van der Waals surface area contributed by atoms with E-state index in [4.69, 9.17) is 9.47 Å². The summed E-state index contributed by atoms with van der Waals surface area (Å²) >= 11 is 0. The summed E-state index contributed by atoms with van der Waals surface area (Å²) in [6, 6.07) is 0. The molecule has 7 nitrogen and oxygen atoms in total. The number of aryl methyl sites for hydroxylation is 1. The van der Waals surface area contributed by atoms with Gasteiger partial charge in [-0.15, -0.1) is 0 Å². The minimum Gasteiger partial charge on any atom is -0.379 e. The second-order valence-corrected chi connectivity index (χ2v) is 6.72. The van der Waals surface area contributed by atoms with Crippen LogP contribution in [0.25, 0.3) is 0 Å². The quantitative estimate of drug-likeness (QED) is 0.788. The molecule has 0 aromatic carbocycles. The molecule has 1 atom stereocenters. The Labute approximate surface area is 137 Å². The van der Waals surface area contributed by atoms with Gasteiger partial charge in [-0.25, -0.2) is 4.98 Å². The van der Waals surface area contributed by atoms with Crippen LogP contribution in [0.2, 0.25) is 0 Å². The van der Waals surface area contributed by atoms with Gasteiger partial charge in [0, 0.05) is 51.6 Å². The van der Waals surface area contributed by atoms with E-state index in [1.165, 1.54) is 0 Å². The molecule has 0 N–H and O–H groups in total. The molecule has 2 aliphatic heterocycles. The van der Waals surface area contributed by atoms with Gasteiger partial charge in [-0.05, 0) is 13.0 Å². The summed E-state index contributed by atoms with van der Waals surface area (Å²) in [6.45, 7) is 5.69. The zero-order valence-electron chi connectivity index (χ0n) is 14.0. The molecule has 23 heavy (non-hydrogen) atoms. The Morgan fingerprint density at radius 2 is 2.30 bits per heavy atom. The van der Waals surface area contributed by atoms with Crippen molar-refractivity contribution in [3.8, 4) is 0 Å². The summed E-state index contributed by atoms with van der Waals surface area (Å²) in [5, 5.41) is 0. The Morgan fingerprint density at radius 3 is 3.04 bits per heavy atom. The predicted octanol–water partition coefficient (Wildman–Crippen LogP) is 0.117. The van der Waals surface area contributed by atoms with E-state index in [0.717, 1.165) is 45.0 Å². The van der Waals surface area contributed by atoms with Crippen molar-refractivity contribution >= 4 is 5.91 Å². The number of carbonyl (C=O) groups excluding carboxylic acids is 1. The first-order chi connectivity index (χ1) is 11.1. The fourth-order valence-electron chi connectivity index (χ4n) is 3.58. The van der Waals surface area contributed by atoms with Crippen molar-refractivity contribution in [3.63, 3.8) is 0 Å². The van der Waals surface area contributed by atoms with Crippen LogP contribution in [0.5, 0.6) is 0 Å². The van der Waals surface area contributed by atoms with Crippen LogP contribution in [0.15, 0.2) is 12.4 Å². The van der Waals surface area contributed by atoms with Crippen molar-refractivity contribution < 1.29 is 14.3 Å². The van der Waals surface area contributed by atoms with Crippen molar-refractivity contribution in [2.75, 3.05) is 53.1 Å². The summed E-state index contributed by atoms with van der Waals surface area (Å²) < 4.78 is 12.9. The molecule has 0 saturated carbocycles. The first-order valence-corrected chi connectivity index (χ1v) is 8.15. The number of rotatable bonds is 4. The van der Waals surface area contributed by atoms with Gasteiger partial charge in [0.1, 0.15) is 12.4 Å². The number of hydrogen-bond acceptors (Lipinski definition) is 5. The fourth-order valence-corrected chi connectivity index (χ4v) is 3.58. The molecule has 7 heteroatoms. The van der Waals surface area contributed by atoms with Crippen LogP contribution in [0.3, 0.4) is 0 Å². The number of nitrogens with zero attached hydrogens (tertiary/aromatic N) is 4. The number of likely N-dealkylation sites (tertiary alicyclic amines) is 1. The van der Waals surface area contributed by atoms with Crippen LogP contribution < -0.4 is 0 Å². The van der Waals surface area contributed by atoms with Crippen LogP contribution >= 0.6 is 0 Å². The maximum atomic E-state index is 12.2. The van der Waals surface area contributed by atoms with E-state index in [2.05, 4.69) is 14.5 Å². The minimum atomic E-state index is 0.0328. The van der Waals surface area contributed by atoms with Crippen molar-refractivity contribution in [2.45, 2.75) is 13.0 Å². The Balaban J connectivity index is 1.64. The molecule has 1 spiro atoms. The summed E-state index contributed by atoms with van der Waals surface area (Å²) in [7, 11) is 3.58. The third-order valence-electron chi connectivity index (χ3n) is 4.86. The van der Waals surface area contributed by atoms with Crippen LogP contribution in [0, 0.1) is 5.41 Å². The smallest absolute Gasteiger partial charge is 0.248 e. The normalized spacial score (nSPS) is 25.9. The zero-order valence-corrected chi connectivity index (χ0v) is 14.0. The number of aromatic nitrogens is 2. The molecule has 2 saturated heterocycles. The van der Waals surface area contributed by atoms with E-state index in [0.29, 0.717) is 13.2 Å². The number of imidazole rings is 1. The van der Waals surface area contributed by atoms with Gasteiger partial charge in [0.15, 0.2) is 0 Å². The summed E-state index contributed by atoms with van der Waals surface area (Å²) in [5.41, 5.74) is 0.0328. The molecule has 3 heterocycles. The van der Waals surface area contributed by atoms with Gasteiger partial charge in [-0.3, -0.25) is 9.69 Å². The van der Waals surface area contributed by atoms with Gasteiger partial charge in [0.05, 0.1) is 19.8 Å². The minimum absolute atomic E-state index is 0.0328. The van der Waals surface area contributed by atoms with E-state index < -0.39 is 0 Å². The summed E-state index contributed by atoms with van der Waals surface area (Å²) in [5.74, 6) is 1.13. The number of ether oxygens (including phenoxy) is 2. The van der Waals surface area contributed by atoms with Crippen LogP contribution in [-0.4, -0.2) is 78.4 Å². The third-order valence-corrected chi connectivity index (χ3v) is 4.86. The van der Waals surface area contributed by atoms with Gasteiger partial charge in [-0.1, -0.05) is 0 Å². The average Bonchev–Trinajstić information content (AvgIpc) is 3.03. The lowest BCUT2D eigenvalue weighted by molar-refractivity contribution is -0.136. The lowest BCUT2D eigenvalue weighted by Gasteiger charge is -2.31. The second kappa shape index (κ2) is 6.98. The maximum absolute atomic E-state index is 12.2. The highest BCUT2D eigenvalue weighted by atomic mass is 16.5. The van der Waals surface area contributed by atoms with Crippen LogP contribution in [0.1, 0.15) is 12.2 Å². The highest BCUT2D eigenvalue weighted by Crippen LogP contribution is 2.34. The Bertz CT molecular complexity index is 547. The monoisotopic (exact) mass is 322 g/mol. The summed E-state index contributed by atoms with van der Waals surface area (Å²) in [6.07, 6.45) is 4.86. The Kier molecular flexibility index (Phi) is 4.99. The first kappa shape index (κ1) is 16.4. The molecular weight excluding hydrogens is 296 g/mol. The third kappa shape index (κ3) is 3.73. The predicted molar refractivity (Wildman–Crippen MR) is 84.8 cm³/mol. The van der Waals surface area contributed by atoms with Crippen molar-refractivity contribution in [3.05, 3.63) is 18.2 Å². The number of carbonyl (C=O) groups is 1. The molecule has 1 amide bonds. The molecule has 0 bridgehead atoms. The van der Waals surface area contributed by atoms with Crippen molar-refractivity contribution in [1.29, 1.82) is 0 Å². The van der Waals surface area contributed by atoms with E-state index in [1.807, 2.05) is 24.3 Å². The molecule has 2 aliphatic rings. The van der Waals surface area contributed by atoms with E-state index >= 15 is 0 Å². The highest BCUT2D eigenvalue weighted by molar-refractivity contribution is 5.77. The van der Waals surface area contributed by atoms with E-state index in [1.54, 1.807) is 7.11 Å². The molecule has 128 valence electrons. The molecule has 0 aliphatic carbocycles. The molecule has 3 rings (SSSR count). The second-order valence-electron chi connectivity index (χ2n) is 6.72. The first-order valence-electron chi connectivity index (χ1n) is 8.15. The lowest BCUT2D eigenvalue weighted by atomic mass is 9.87.